The first-order valence-corrected chi connectivity index (χ1v) is 7.94. The Morgan fingerprint density at radius 2 is 1.92 bits per heavy atom. The molecule has 0 radical (unpaired) electrons. The molecule has 0 aliphatic heterocycles. The van der Waals surface area contributed by atoms with Crippen molar-refractivity contribution < 1.29 is 9.90 Å². The van der Waals surface area contributed by atoms with Crippen molar-refractivity contribution in [2.75, 3.05) is 0 Å². The van der Waals surface area contributed by atoms with E-state index in [-0.39, 0.29) is 0 Å². The van der Waals surface area contributed by atoms with Gasteiger partial charge in [-0.15, -0.1) is 0 Å². The summed E-state index contributed by atoms with van der Waals surface area (Å²) in [5, 5.41) is 8.89. The predicted octanol–water partition coefficient (Wildman–Crippen LogP) is 1.52. The Kier molecular flexibility index (Phi) is 3.47. The van der Waals surface area contributed by atoms with Crippen molar-refractivity contribution in [1.82, 2.24) is 0 Å². The van der Waals surface area contributed by atoms with Gasteiger partial charge in [0.2, 0.25) is 0 Å². The lowest BCUT2D eigenvalue weighted by Crippen LogP contribution is -2.51. The third-order valence-corrected chi connectivity index (χ3v) is 3.59. The fraction of sp³-hybridized carbons (Fsp3) is 0.875. The van der Waals surface area contributed by atoms with Gasteiger partial charge in [-0.1, -0.05) is 26.6 Å². The summed E-state index contributed by atoms with van der Waals surface area (Å²) >= 11 is 0. The number of carboxylic acid groups (broad SMARTS) is 1. The minimum absolute atomic E-state index is 0.507. The molecule has 0 aliphatic rings. The summed E-state index contributed by atoms with van der Waals surface area (Å²) in [7, 11) is -1.38. The molecule has 0 aromatic carbocycles. The topological polar surface area (TPSA) is 63.3 Å². The third kappa shape index (κ3) is 3.36. The van der Waals surface area contributed by atoms with Gasteiger partial charge < -0.3 is 10.8 Å². The summed E-state index contributed by atoms with van der Waals surface area (Å²) in [5.41, 5.74) is 4.77. The zero-order chi connectivity index (χ0) is 9.99. The van der Waals surface area contributed by atoms with Crippen LogP contribution in [0.4, 0.5) is 0 Å². The van der Waals surface area contributed by atoms with E-state index in [9.17, 15) is 4.79 Å². The number of nitrogens with two attached hydrogens (primary N) is 1. The Hall–Kier alpha value is -0.353. The molecule has 0 heterocycles. The summed E-state index contributed by atoms with van der Waals surface area (Å²) in [6.07, 6.45) is 0.507. The van der Waals surface area contributed by atoms with E-state index in [2.05, 4.69) is 19.6 Å². The highest BCUT2D eigenvalue weighted by Gasteiger charge is 2.36. The number of hydrogen-bond acceptors (Lipinski definition) is 2. The average molecular weight is 189 g/mol. The molecule has 4 heteroatoms. The summed E-state index contributed by atoms with van der Waals surface area (Å²) in [6.45, 7) is 8.22. The molecule has 0 amide bonds. The van der Waals surface area contributed by atoms with Crippen LogP contribution in [0.3, 0.4) is 0 Å². The standard InChI is InChI=1S/C8H19NO2Si/c1-5-8(9,7(10)11)6-12(2,3)4/h5-6,9H2,1-4H3,(H,10,11)/t8-/m0/s1. The van der Waals surface area contributed by atoms with Crippen molar-refractivity contribution in [3.05, 3.63) is 0 Å². The maximum Gasteiger partial charge on any atom is 0.323 e. The van der Waals surface area contributed by atoms with Crippen LogP contribution in [0.5, 0.6) is 0 Å². The third-order valence-electron chi connectivity index (χ3n) is 1.90. The van der Waals surface area contributed by atoms with Crippen LogP contribution < -0.4 is 5.73 Å². The van der Waals surface area contributed by atoms with Crippen LogP contribution in [0.15, 0.2) is 0 Å². The van der Waals surface area contributed by atoms with E-state index in [1.54, 1.807) is 0 Å². The molecule has 0 aromatic rings. The molecule has 0 aliphatic carbocycles. The second kappa shape index (κ2) is 3.58. The van der Waals surface area contributed by atoms with Crippen LogP contribution in [-0.2, 0) is 4.79 Å². The van der Waals surface area contributed by atoms with Gasteiger partial charge in [-0.05, 0) is 12.5 Å². The lowest BCUT2D eigenvalue weighted by atomic mass is 10.0. The van der Waals surface area contributed by atoms with Crippen molar-refractivity contribution >= 4 is 14.0 Å². The van der Waals surface area contributed by atoms with E-state index in [0.717, 1.165) is 0 Å². The van der Waals surface area contributed by atoms with Gasteiger partial charge >= 0.3 is 5.97 Å². The highest BCUT2D eigenvalue weighted by Crippen LogP contribution is 2.21. The second-order valence-electron chi connectivity index (χ2n) is 4.55. The molecule has 0 bridgehead atoms. The molecule has 72 valence electrons. The number of carboxylic acids is 1. The van der Waals surface area contributed by atoms with Crippen molar-refractivity contribution in [1.29, 1.82) is 0 Å². The van der Waals surface area contributed by atoms with Gasteiger partial charge in [-0.3, -0.25) is 4.79 Å². The fourth-order valence-corrected chi connectivity index (χ4v) is 3.59. The largest absolute Gasteiger partial charge is 0.480 e. The molecule has 0 spiro atoms. The second-order valence-corrected chi connectivity index (χ2v) is 10.0. The quantitative estimate of drug-likeness (QED) is 0.659. The Balaban J connectivity index is 4.46. The maximum atomic E-state index is 10.8. The molecule has 0 rings (SSSR count). The van der Waals surface area contributed by atoms with Crippen LogP contribution in [0.2, 0.25) is 25.7 Å². The first-order valence-electron chi connectivity index (χ1n) is 4.23. The summed E-state index contributed by atoms with van der Waals surface area (Å²) in [5.74, 6) is -0.868. The highest BCUT2D eigenvalue weighted by atomic mass is 28.3. The van der Waals surface area contributed by atoms with Crippen LogP contribution in [0.25, 0.3) is 0 Å². The SMILES string of the molecule is CC[C@](N)(C[Si](C)(C)C)C(=O)O. The molecule has 0 aromatic heterocycles. The van der Waals surface area contributed by atoms with Crippen molar-refractivity contribution in [2.45, 2.75) is 44.6 Å². The van der Waals surface area contributed by atoms with Crippen LogP contribution in [0.1, 0.15) is 13.3 Å². The van der Waals surface area contributed by atoms with E-state index in [0.29, 0.717) is 12.5 Å². The van der Waals surface area contributed by atoms with E-state index in [1.807, 2.05) is 6.92 Å². The zero-order valence-electron chi connectivity index (χ0n) is 8.35. The molecule has 3 nitrogen and oxygen atoms in total. The Bertz CT molecular complexity index is 176. The van der Waals surface area contributed by atoms with Gasteiger partial charge in [0.15, 0.2) is 0 Å². The van der Waals surface area contributed by atoms with Gasteiger partial charge in [0.1, 0.15) is 5.54 Å². The Morgan fingerprint density at radius 1 is 1.50 bits per heavy atom. The van der Waals surface area contributed by atoms with Gasteiger partial charge in [0, 0.05) is 8.07 Å². The molecular formula is C8H19NO2Si. The van der Waals surface area contributed by atoms with E-state index in [1.165, 1.54) is 0 Å². The Morgan fingerprint density at radius 3 is 2.00 bits per heavy atom. The molecule has 0 saturated heterocycles. The van der Waals surface area contributed by atoms with Crippen molar-refractivity contribution in [3.63, 3.8) is 0 Å². The number of rotatable bonds is 4. The molecule has 1 atom stereocenters. The monoisotopic (exact) mass is 189 g/mol. The number of aliphatic carboxylic acids is 1. The van der Waals surface area contributed by atoms with Crippen LogP contribution in [-0.4, -0.2) is 24.7 Å². The minimum atomic E-state index is -1.38. The molecule has 3 N–H and O–H groups in total. The smallest absolute Gasteiger partial charge is 0.323 e. The van der Waals surface area contributed by atoms with Crippen LogP contribution in [0, 0.1) is 0 Å². The molecule has 0 unspecified atom stereocenters. The molecular weight excluding hydrogens is 170 g/mol. The molecule has 0 saturated carbocycles. The molecule has 0 fully saturated rings. The van der Waals surface area contributed by atoms with Crippen molar-refractivity contribution in [2.24, 2.45) is 5.73 Å². The van der Waals surface area contributed by atoms with E-state index in [4.69, 9.17) is 10.8 Å². The van der Waals surface area contributed by atoms with Gasteiger partial charge in [0.05, 0.1) is 0 Å². The van der Waals surface area contributed by atoms with E-state index < -0.39 is 19.6 Å². The minimum Gasteiger partial charge on any atom is -0.480 e. The molecule has 12 heavy (non-hydrogen) atoms. The summed E-state index contributed by atoms with van der Waals surface area (Å²) in [6, 6.07) is 0.645. The number of carbonyl (C=O) groups is 1. The maximum absolute atomic E-state index is 10.8. The summed E-state index contributed by atoms with van der Waals surface area (Å²) in [4.78, 5) is 10.8. The predicted molar refractivity (Wildman–Crippen MR) is 53.0 cm³/mol. The number of hydrogen-bond donors (Lipinski definition) is 2. The normalized spacial score (nSPS) is 17.1. The van der Waals surface area contributed by atoms with Gasteiger partial charge in [-0.2, -0.15) is 0 Å². The first-order chi connectivity index (χ1) is 5.21. The van der Waals surface area contributed by atoms with Gasteiger partial charge in [0.25, 0.3) is 0 Å². The fourth-order valence-electron chi connectivity index (χ4n) is 1.30. The van der Waals surface area contributed by atoms with Crippen LogP contribution >= 0.6 is 0 Å². The highest BCUT2D eigenvalue weighted by molar-refractivity contribution is 6.76. The van der Waals surface area contributed by atoms with Crippen molar-refractivity contribution in [3.8, 4) is 0 Å². The first kappa shape index (κ1) is 11.6. The van der Waals surface area contributed by atoms with Gasteiger partial charge in [-0.25, -0.2) is 0 Å². The summed E-state index contributed by atoms with van der Waals surface area (Å²) < 4.78 is 0. The Labute approximate surface area is 75.0 Å². The van der Waals surface area contributed by atoms with E-state index >= 15 is 0 Å². The zero-order valence-corrected chi connectivity index (χ0v) is 9.35. The lowest BCUT2D eigenvalue weighted by Gasteiger charge is -2.29. The average Bonchev–Trinajstić information content (AvgIpc) is 1.83. The lowest BCUT2D eigenvalue weighted by molar-refractivity contribution is -0.142.